The van der Waals surface area contributed by atoms with Crippen LogP contribution in [0, 0.1) is 5.92 Å². The van der Waals surface area contributed by atoms with Crippen molar-refractivity contribution in [2.45, 2.75) is 64.1 Å². The Hall–Kier alpha value is -2.09. The number of aromatic nitrogens is 4. The highest BCUT2D eigenvalue weighted by atomic mass is 35.5. The lowest BCUT2D eigenvalue weighted by Gasteiger charge is -2.36. The van der Waals surface area contributed by atoms with E-state index in [0.29, 0.717) is 12.0 Å². The van der Waals surface area contributed by atoms with E-state index in [-0.39, 0.29) is 34.9 Å². The lowest BCUT2D eigenvalue weighted by molar-refractivity contribution is -0.135. The van der Waals surface area contributed by atoms with Gasteiger partial charge >= 0.3 is 5.69 Å². The van der Waals surface area contributed by atoms with Crippen molar-refractivity contribution >= 4 is 28.7 Å². The number of fused-ring (bicyclic) bond motifs is 1. The van der Waals surface area contributed by atoms with Crippen molar-refractivity contribution in [1.82, 2.24) is 23.6 Å². The number of rotatable bonds is 4. The van der Waals surface area contributed by atoms with Gasteiger partial charge in [0, 0.05) is 26.2 Å². The maximum absolute atomic E-state index is 13.3. The van der Waals surface area contributed by atoms with Gasteiger partial charge < -0.3 is 4.90 Å². The molecule has 4 rings (SSSR count). The van der Waals surface area contributed by atoms with Gasteiger partial charge in [-0.2, -0.15) is 4.98 Å². The molecule has 2 saturated carbocycles. The number of halogens is 1. The first-order chi connectivity index (χ1) is 13.3. The molecule has 152 valence electrons. The molecule has 0 unspecified atom stereocenters. The number of carbonyl (C=O) groups excluding carboxylic acids is 1. The van der Waals surface area contributed by atoms with Crippen molar-refractivity contribution in [2.24, 2.45) is 20.0 Å². The van der Waals surface area contributed by atoms with Gasteiger partial charge in [-0.25, -0.2) is 4.79 Å². The van der Waals surface area contributed by atoms with E-state index >= 15 is 0 Å². The molecule has 0 bridgehead atoms. The second-order valence-corrected chi connectivity index (χ2v) is 8.63. The van der Waals surface area contributed by atoms with E-state index in [1.807, 2.05) is 4.90 Å². The Morgan fingerprint density at radius 1 is 1.07 bits per heavy atom. The summed E-state index contributed by atoms with van der Waals surface area (Å²) in [7, 11) is 2.95. The average molecular weight is 408 g/mol. The number of amides is 1. The summed E-state index contributed by atoms with van der Waals surface area (Å²) < 4.78 is 3.75. The largest absolute Gasteiger partial charge is 0.335 e. The minimum absolute atomic E-state index is 0.0286. The molecule has 2 aromatic heterocycles. The molecule has 0 radical (unpaired) electrons. The van der Waals surface area contributed by atoms with Crippen molar-refractivity contribution in [2.75, 3.05) is 0 Å². The van der Waals surface area contributed by atoms with Crippen LogP contribution in [0.25, 0.3) is 11.2 Å². The van der Waals surface area contributed by atoms with Crippen LogP contribution in [0.2, 0.25) is 5.28 Å². The van der Waals surface area contributed by atoms with E-state index in [9.17, 15) is 14.4 Å². The SMILES string of the molecule is CC1CCC(N(C(=O)Cn2c(Cl)nc3c2c(=O)n(C)c(=O)n3C)C2CC2)CC1. The summed E-state index contributed by atoms with van der Waals surface area (Å²) in [4.78, 5) is 44.3. The van der Waals surface area contributed by atoms with Crippen molar-refractivity contribution in [3.8, 4) is 0 Å². The molecule has 0 saturated heterocycles. The minimum Gasteiger partial charge on any atom is -0.335 e. The first kappa shape index (κ1) is 19.2. The van der Waals surface area contributed by atoms with E-state index < -0.39 is 11.2 Å². The molecule has 0 atom stereocenters. The molecule has 0 aromatic carbocycles. The van der Waals surface area contributed by atoms with Gasteiger partial charge in [-0.15, -0.1) is 0 Å². The molecule has 2 aromatic rings. The van der Waals surface area contributed by atoms with E-state index in [1.165, 1.54) is 16.2 Å². The lowest BCUT2D eigenvalue weighted by atomic mass is 9.86. The Balaban J connectivity index is 1.69. The normalized spacial score (nSPS) is 22.6. The highest BCUT2D eigenvalue weighted by molar-refractivity contribution is 6.29. The predicted octanol–water partition coefficient (Wildman–Crippen LogP) is 1.66. The molecule has 2 aliphatic rings. The summed E-state index contributed by atoms with van der Waals surface area (Å²) in [6.45, 7) is 2.22. The Kier molecular flexibility index (Phi) is 4.85. The second kappa shape index (κ2) is 7.06. The number of imidazole rings is 1. The van der Waals surface area contributed by atoms with Gasteiger partial charge in [-0.3, -0.25) is 23.3 Å². The average Bonchev–Trinajstić information content (AvgIpc) is 3.44. The second-order valence-electron chi connectivity index (χ2n) is 8.29. The molecule has 1 amide bonds. The zero-order valence-corrected chi connectivity index (χ0v) is 17.3. The van der Waals surface area contributed by atoms with Gasteiger partial charge in [0.2, 0.25) is 11.2 Å². The Morgan fingerprint density at radius 3 is 2.21 bits per heavy atom. The smallest absolute Gasteiger partial charge is 0.332 e. The monoisotopic (exact) mass is 407 g/mol. The first-order valence-electron chi connectivity index (χ1n) is 9.92. The predicted molar refractivity (Wildman–Crippen MR) is 107 cm³/mol. The third-order valence-electron chi connectivity index (χ3n) is 6.20. The molecule has 8 nitrogen and oxygen atoms in total. The van der Waals surface area contributed by atoms with Crippen LogP contribution in [-0.2, 0) is 25.4 Å². The molecular formula is C19H26ClN5O3. The summed E-state index contributed by atoms with van der Waals surface area (Å²) in [6.07, 6.45) is 6.40. The maximum atomic E-state index is 13.3. The zero-order valence-electron chi connectivity index (χ0n) is 16.5. The summed E-state index contributed by atoms with van der Waals surface area (Å²) in [5.74, 6) is 0.683. The molecular weight excluding hydrogens is 382 g/mol. The van der Waals surface area contributed by atoms with Crippen molar-refractivity contribution in [1.29, 1.82) is 0 Å². The van der Waals surface area contributed by atoms with Crippen LogP contribution in [0.4, 0.5) is 0 Å². The van der Waals surface area contributed by atoms with Crippen LogP contribution in [0.5, 0.6) is 0 Å². The van der Waals surface area contributed by atoms with Crippen molar-refractivity contribution in [3.05, 3.63) is 26.1 Å². The standard InChI is InChI=1S/C19H26ClN5O3/c1-11-4-6-12(7-5-11)25(13-8-9-13)14(26)10-24-15-16(21-18(24)20)22(2)19(28)23(3)17(15)27/h11-13H,4-10H2,1-3H3. The van der Waals surface area contributed by atoms with Gasteiger partial charge in [0.05, 0.1) is 0 Å². The molecule has 2 fully saturated rings. The van der Waals surface area contributed by atoms with Crippen LogP contribution in [0.1, 0.15) is 45.4 Å². The van der Waals surface area contributed by atoms with Gasteiger partial charge in [-0.05, 0) is 56.0 Å². The fourth-order valence-electron chi connectivity index (χ4n) is 4.36. The van der Waals surface area contributed by atoms with Crippen molar-refractivity contribution in [3.63, 3.8) is 0 Å². The van der Waals surface area contributed by atoms with Gasteiger partial charge in [0.1, 0.15) is 6.54 Å². The van der Waals surface area contributed by atoms with Crippen LogP contribution in [-0.4, -0.2) is 41.6 Å². The van der Waals surface area contributed by atoms with Crippen molar-refractivity contribution < 1.29 is 4.79 Å². The number of hydrogen-bond acceptors (Lipinski definition) is 4. The lowest BCUT2D eigenvalue weighted by Crippen LogP contribution is -2.45. The topological polar surface area (TPSA) is 82.1 Å². The van der Waals surface area contributed by atoms with Crippen LogP contribution in [0.15, 0.2) is 9.59 Å². The van der Waals surface area contributed by atoms with E-state index in [1.54, 1.807) is 7.05 Å². The third kappa shape index (κ3) is 3.17. The van der Waals surface area contributed by atoms with E-state index in [0.717, 1.165) is 43.1 Å². The molecule has 9 heteroatoms. The quantitative estimate of drug-likeness (QED) is 0.721. The Bertz CT molecular complexity index is 1040. The van der Waals surface area contributed by atoms with Gasteiger partial charge in [0.25, 0.3) is 5.56 Å². The molecule has 0 spiro atoms. The number of nitrogens with zero attached hydrogens (tertiary/aromatic N) is 5. The van der Waals surface area contributed by atoms with Gasteiger partial charge in [0.15, 0.2) is 11.2 Å². The van der Waals surface area contributed by atoms with Crippen LogP contribution < -0.4 is 11.2 Å². The number of carbonyl (C=O) groups is 1. The highest BCUT2D eigenvalue weighted by Crippen LogP contribution is 2.35. The Labute approximate surface area is 167 Å². The summed E-state index contributed by atoms with van der Waals surface area (Å²) in [6, 6.07) is 0.559. The van der Waals surface area contributed by atoms with E-state index in [4.69, 9.17) is 11.6 Å². The fourth-order valence-corrected chi connectivity index (χ4v) is 4.58. The summed E-state index contributed by atoms with van der Waals surface area (Å²) in [5, 5.41) is 0.0506. The fraction of sp³-hybridized carbons (Fsp3) is 0.684. The molecule has 0 N–H and O–H groups in total. The Morgan fingerprint density at radius 2 is 1.64 bits per heavy atom. The summed E-state index contributed by atoms with van der Waals surface area (Å²) >= 11 is 6.28. The first-order valence-corrected chi connectivity index (χ1v) is 10.3. The maximum Gasteiger partial charge on any atom is 0.332 e. The third-order valence-corrected chi connectivity index (χ3v) is 6.49. The number of aryl methyl sites for hydroxylation is 1. The molecule has 0 aliphatic heterocycles. The van der Waals surface area contributed by atoms with Gasteiger partial charge in [-0.1, -0.05) is 6.92 Å². The number of hydrogen-bond donors (Lipinski definition) is 0. The molecule has 28 heavy (non-hydrogen) atoms. The van der Waals surface area contributed by atoms with Crippen LogP contribution in [0.3, 0.4) is 0 Å². The minimum atomic E-state index is -0.491. The van der Waals surface area contributed by atoms with E-state index in [2.05, 4.69) is 11.9 Å². The van der Waals surface area contributed by atoms with Crippen LogP contribution >= 0.6 is 11.6 Å². The zero-order chi connectivity index (χ0) is 20.2. The summed E-state index contributed by atoms with van der Waals surface area (Å²) in [5.41, 5.74) is -0.567. The molecule has 2 heterocycles. The molecule has 2 aliphatic carbocycles. The highest BCUT2D eigenvalue weighted by Gasteiger charge is 2.38.